The minimum absolute atomic E-state index is 0.100. The van der Waals surface area contributed by atoms with Gasteiger partial charge in [-0.2, -0.15) is 0 Å². The number of sulfone groups is 1. The Hall–Kier alpha value is -7.17. The number of ketones is 4. The zero-order valence-corrected chi connectivity index (χ0v) is 34.4. The van der Waals surface area contributed by atoms with Crippen LogP contribution in [0.1, 0.15) is 63.7 Å². The largest absolute Gasteiger partial charge is 0.289 e. The second-order valence-electron chi connectivity index (χ2n) is 14.5. The summed E-state index contributed by atoms with van der Waals surface area (Å²) in [7, 11) is -5.09. The van der Waals surface area contributed by atoms with Crippen molar-refractivity contribution in [3.63, 3.8) is 0 Å². The van der Waals surface area contributed by atoms with Crippen LogP contribution in [0.5, 0.6) is 0 Å². The molecule has 0 aliphatic carbocycles. The monoisotopic (exact) mass is 846 g/mol. The molecule has 0 fully saturated rings. The highest BCUT2D eigenvalue weighted by molar-refractivity contribution is 7.92. The van der Waals surface area contributed by atoms with Gasteiger partial charge in [-0.15, -0.1) is 22.7 Å². The lowest BCUT2D eigenvalue weighted by Gasteiger charge is -2.20. The van der Waals surface area contributed by atoms with Crippen molar-refractivity contribution in [2.24, 2.45) is 0 Å². The molecule has 0 unspecified atom stereocenters. The minimum atomic E-state index is -5.09. The van der Waals surface area contributed by atoms with Crippen LogP contribution in [-0.4, -0.2) is 31.6 Å². The maximum absolute atomic E-state index is 16.8. The van der Waals surface area contributed by atoms with E-state index in [1.807, 2.05) is 24.3 Å². The molecule has 0 amide bonds. The summed E-state index contributed by atoms with van der Waals surface area (Å²) in [6.07, 6.45) is 0. The molecule has 0 aliphatic rings. The molecule has 0 radical (unpaired) electrons. The fraction of sp³-hybridized carbons (Fsp3) is 0. The third-order valence-electron chi connectivity index (χ3n) is 10.9. The number of hydrogen-bond acceptors (Lipinski definition) is 8. The molecule has 10 aromatic rings. The lowest BCUT2D eigenvalue weighted by molar-refractivity contribution is 0.100. The summed E-state index contributed by atoms with van der Waals surface area (Å²) in [5.41, 5.74) is 0.0147. The van der Waals surface area contributed by atoms with E-state index in [1.54, 1.807) is 158 Å². The Morgan fingerprint density at radius 1 is 0.344 bits per heavy atom. The zero-order chi connectivity index (χ0) is 41.8. The van der Waals surface area contributed by atoms with Gasteiger partial charge in [-0.05, 0) is 24.3 Å². The van der Waals surface area contributed by atoms with Crippen LogP contribution in [0.4, 0.5) is 0 Å². The highest BCUT2D eigenvalue weighted by Gasteiger charge is 2.40. The number of rotatable bonds is 10. The first-order valence-electron chi connectivity index (χ1n) is 19.3. The van der Waals surface area contributed by atoms with E-state index in [9.17, 15) is 9.59 Å². The van der Waals surface area contributed by atoms with Gasteiger partial charge in [0.1, 0.15) is 0 Å². The third kappa shape index (κ3) is 6.33. The Morgan fingerprint density at radius 2 is 0.639 bits per heavy atom. The van der Waals surface area contributed by atoms with E-state index in [1.165, 1.54) is 22.7 Å². The second-order valence-corrected chi connectivity index (χ2v) is 18.5. The molecule has 6 nitrogen and oxygen atoms in total. The first kappa shape index (κ1) is 38.1. The van der Waals surface area contributed by atoms with Crippen molar-refractivity contribution in [2.75, 3.05) is 0 Å². The van der Waals surface area contributed by atoms with E-state index in [-0.39, 0.29) is 55.3 Å². The lowest BCUT2D eigenvalue weighted by atomic mass is 9.91. The fourth-order valence-electron chi connectivity index (χ4n) is 8.11. The highest BCUT2D eigenvalue weighted by Crippen LogP contribution is 2.48. The summed E-state index contributed by atoms with van der Waals surface area (Å²) in [5, 5.41) is 1.60. The van der Waals surface area contributed by atoms with Crippen LogP contribution in [-0.2, 0) is 9.84 Å². The van der Waals surface area contributed by atoms with Gasteiger partial charge in [0.25, 0.3) is 0 Å². The molecule has 0 atom stereocenters. The molecule has 0 bridgehead atoms. The number of hydrogen-bond donors (Lipinski definition) is 0. The van der Waals surface area contributed by atoms with Crippen molar-refractivity contribution in [1.29, 1.82) is 0 Å². The molecule has 61 heavy (non-hydrogen) atoms. The van der Waals surface area contributed by atoms with E-state index >= 15 is 18.0 Å². The summed E-state index contributed by atoms with van der Waals surface area (Å²) in [5.74, 6) is -2.46. The molecular weight excluding hydrogens is 817 g/mol. The average molecular weight is 847 g/mol. The van der Waals surface area contributed by atoms with Crippen molar-refractivity contribution in [1.82, 2.24) is 0 Å². The van der Waals surface area contributed by atoms with Crippen LogP contribution in [0, 0.1) is 0 Å². The molecule has 292 valence electrons. The Morgan fingerprint density at radius 3 is 0.984 bits per heavy atom. The van der Waals surface area contributed by atoms with Crippen LogP contribution < -0.4 is 0 Å². The Kier molecular flexibility index (Phi) is 9.44. The molecule has 10 rings (SSSR count). The minimum Gasteiger partial charge on any atom is -0.289 e. The van der Waals surface area contributed by atoms with E-state index < -0.39 is 42.8 Å². The van der Waals surface area contributed by atoms with Gasteiger partial charge in [0.15, 0.2) is 23.1 Å². The smallest absolute Gasteiger partial charge is 0.209 e. The molecule has 9 heteroatoms. The van der Waals surface area contributed by atoms with Crippen molar-refractivity contribution in [3.05, 3.63) is 226 Å². The van der Waals surface area contributed by atoms with Crippen LogP contribution in [0.2, 0.25) is 0 Å². The number of carbonyl (C=O) groups is 4. The Balaban J connectivity index is 1.43. The number of thiophene rings is 2. The van der Waals surface area contributed by atoms with Crippen molar-refractivity contribution < 1.29 is 27.6 Å². The molecule has 0 saturated carbocycles. The topological polar surface area (TPSA) is 102 Å². The maximum Gasteiger partial charge on any atom is 0.209 e. The summed E-state index contributed by atoms with van der Waals surface area (Å²) in [6.45, 7) is 0. The van der Waals surface area contributed by atoms with E-state index in [0.29, 0.717) is 20.2 Å². The van der Waals surface area contributed by atoms with Crippen LogP contribution >= 0.6 is 22.7 Å². The van der Waals surface area contributed by atoms with Gasteiger partial charge in [0.05, 0.1) is 20.9 Å². The van der Waals surface area contributed by atoms with Gasteiger partial charge in [-0.1, -0.05) is 158 Å². The van der Waals surface area contributed by atoms with Gasteiger partial charge < -0.3 is 0 Å². The zero-order valence-electron chi connectivity index (χ0n) is 32.0. The van der Waals surface area contributed by atoms with E-state index in [4.69, 9.17) is 0 Å². The van der Waals surface area contributed by atoms with Crippen molar-refractivity contribution >= 4 is 96.0 Å². The first-order chi connectivity index (χ1) is 29.7. The molecule has 0 aliphatic heterocycles. The van der Waals surface area contributed by atoms with Gasteiger partial charge in [0, 0.05) is 73.7 Å². The highest BCUT2D eigenvalue weighted by atomic mass is 32.2. The third-order valence-corrected chi connectivity index (χ3v) is 15.0. The predicted octanol–water partition coefficient (Wildman–Crippen LogP) is 12.2. The molecule has 2 heterocycles. The van der Waals surface area contributed by atoms with Crippen LogP contribution in [0.3, 0.4) is 0 Å². The van der Waals surface area contributed by atoms with Crippen LogP contribution in [0.25, 0.3) is 40.3 Å². The molecule has 0 saturated heterocycles. The number of benzene rings is 8. The number of fused-ring (bicyclic) bond motifs is 6. The standard InChI is InChI=1S/C52H30O6S3/c53-47(31-17-5-1-6-18-31)37-29-41-43(35-25-13-15-27-39(35)59-41)51(45(37)49(55)33-21-9-3-10-22-33)61(57,58)52-44-36-26-14-16-28-40(36)60-42(44)30-38(48(54)32-19-7-2-8-20-32)46(52)50(56)34-23-11-4-12-24-34/h1-30H. The normalized spacial score (nSPS) is 11.7. The predicted molar refractivity (Wildman–Crippen MR) is 244 cm³/mol. The second kappa shape index (κ2) is 15.1. The Bertz CT molecular complexity index is 3310. The fourth-order valence-corrected chi connectivity index (χ4v) is 12.7. The van der Waals surface area contributed by atoms with Gasteiger partial charge in [-0.25, -0.2) is 8.42 Å². The van der Waals surface area contributed by atoms with Crippen molar-refractivity contribution in [3.8, 4) is 0 Å². The van der Waals surface area contributed by atoms with E-state index in [2.05, 4.69) is 0 Å². The van der Waals surface area contributed by atoms with Crippen molar-refractivity contribution in [2.45, 2.75) is 9.79 Å². The number of carbonyl (C=O) groups excluding carboxylic acids is 4. The SMILES string of the molecule is O=C(c1ccccc1)c1cc2sc3ccccc3c2c(S(=O)(=O)c2c(C(=O)c3ccccc3)c(C(=O)c3ccccc3)cc3sc4ccccc4c23)c1C(=O)c1ccccc1. The summed E-state index contributed by atoms with van der Waals surface area (Å²) < 4.78 is 35.9. The summed E-state index contributed by atoms with van der Waals surface area (Å²) in [4.78, 5) is 59.5. The maximum atomic E-state index is 16.8. The molecular formula is C52H30O6S3. The van der Waals surface area contributed by atoms with Gasteiger partial charge in [-0.3, -0.25) is 19.2 Å². The first-order valence-corrected chi connectivity index (χ1v) is 22.4. The van der Waals surface area contributed by atoms with Gasteiger partial charge in [0.2, 0.25) is 9.84 Å². The summed E-state index contributed by atoms with van der Waals surface area (Å²) in [6, 6.07) is 51.2. The average Bonchev–Trinajstić information content (AvgIpc) is 3.88. The lowest BCUT2D eigenvalue weighted by Crippen LogP contribution is -2.21. The molecule has 0 N–H and O–H groups in total. The van der Waals surface area contributed by atoms with Crippen LogP contribution in [0.15, 0.2) is 192 Å². The summed E-state index contributed by atoms with van der Waals surface area (Å²) >= 11 is 2.61. The quantitative estimate of drug-likeness (QED) is 0.127. The molecule has 0 spiro atoms. The molecule has 2 aromatic heterocycles. The van der Waals surface area contributed by atoms with E-state index in [0.717, 1.165) is 9.40 Å². The van der Waals surface area contributed by atoms with Gasteiger partial charge >= 0.3 is 0 Å². The Labute approximate surface area is 357 Å². The molecule has 8 aromatic carbocycles.